The highest BCUT2D eigenvalue weighted by molar-refractivity contribution is 5.70. The van der Waals surface area contributed by atoms with Crippen molar-refractivity contribution in [3.8, 4) is 0 Å². The Labute approximate surface area is 152 Å². The lowest BCUT2D eigenvalue weighted by Crippen LogP contribution is -2.17. The summed E-state index contributed by atoms with van der Waals surface area (Å²) in [4.78, 5) is 10.5. The molecule has 0 bridgehead atoms. The summed E-state index contributed by atoms with van der Waals surface area (Å²) in [6, 6.07) is 20.8. The van der Waals surface area contributed by atoms with Crippen LogP contribution in [0.15, 0.2) is 71.1 Å². The van der Waals surface area contributed by atoms with Crippen LogP contribution in [0.4, 0.5) is 0 Å². The number of carbonyl (C=O) groups excluding carboxylic acids is 1. The molecule has 2 aromatic carbocycles. The number of aldehydes is 1. The molecule has 0 saturated carbocycles. The minimum absolute atomic E-state index is 0.300. The largest absolute Gasteiger partial charge is 0.456 e. The van der Waals surface area contributed by atoms with Gasteiger partial charge in [0.25, 0.3) is 0 Å². The van der Waals surface area contributed by atoms with Crippen LogP contribution < -0.4 is 5.32 Å². The van der Waals surface area contributed by atoms with E-state index in [0.29, 0.717) is 37.7 Å². The Morgan fingerprint density at radius 1 is 1.00 bits per heavy atom. The molecule has 5 heteroatoms. The first kappa shape index (κ1) is 18.1. The van der Waals surface area contributed by atoms with Gasteiger partial charge in [0.05, 0.1) is 6.73 Å². The van der Waals surface area contributed by atoms with Crippen molar-refractivity contribution in [2.24, 2.45) is 0 Å². The van der Waals surface area contributed by atoms with Gasteiger partial charge in [-0.15, -0.1) is 0 Å². The molecule has 1 atom stereocenters. The van der Waals surface area contributed by atoms with Crippen molar-refractivity contribution in [2.75, 3.05) is 6.73 Å². The van der Waals surface area contributed by atoms with E-state index in [4.69, 9.17) is 9.15 Å². The van der Waals surface area contributed by atoms with Crippen LogP contribution in [0.25, 0.3) is 0 Å². The SMILES string of the molecule is O=Cc1ccc(COCNCc2ccc(C(O)c3ccccc3)cc2)o1. The number of rotatable bonds is 9. The van der Waals surface area contributed by atoms with Gasteiger partial charge in [-0.2, -0.15) is 0 Å². The van der Waals surface area contributed by atoms with Gasteiger partial charge in [-0.25, -0.2) is 0 Å². The number of nitrogens with one attached hydrogen (secondary N) is 1. The van der Waals surface area contributed by atoms with Crippen molar-refractivity contribution >= 4 is 6.29 Å². The van der Waals surface area contributed by atoms with Gasteiger partial charge in [0.15, 0.2) is 12.0 Å². The zero-order valence-electron chi connectivity index (χ0n) is 14.3. The van der Waals surface area contributed by atoms with Crippen LogP contribution in [0.3, 0.4) is 0 Å². The van der Waals surface area contributed by atoms with E-state index in [1.807, 2.05) is 54.6 Å². The summed E-state index contributed by atoms with van der Waals surface area (Å²) < 4.78 is 10.7. The second kappa shape index (κ2) is 9.10. The van der Waals surface area contributed by atoms with E-state index >= 15 is 0 Å². The maximum Gasteiger partial charge on any atom is 0.185 e. The molecule has 1 unspecified atom stereocenters. The van der Waals surface area contributed by atoms with Crippen molar-refractivity contribution in [3.05, 3.63) is 94.9 Å². The second-order valence-electron chi connectivity index (χ2n) is 5.90. The zero-order chi connectivity index (χ0) is 18.2. The third-order valence-electron chi connectivity index (χ3n) is 3.99. The summed E-state index contributed by atoms with van der Waals surface area (Å²) in [5.41, 5.74) is 2.83. The monoisotopic (exact) mass is 351 g/mol. The normalized spacial score (nSPS) is 12.0. The first-order chi connectivity index (χ1) is 12.8. The standard InChI is InChI=1S/C21H21NO4/c23-13-19-10-11-20(26-19)14-25-15-22-12-16-6-8-18(9-7-16)21(24)17-4-2-1-3-5-17/h1-11,13,21-22,24H,12,14-15H2. The molecule has 0 aliphatic heterocycles. The molecule has 0 aliphatic carbocycles. The summed E-state index contributed by atoms with van der Waals surface area (Å²) in [6.45, 7) is 1.33. The van der Waals surface area contributed by atoms with Crippen molar-refractivity contribution in [1.82, 2.24) is 5.32 Å². The number of carbonyl (C=O) groups is 1. The Morgan fingerprint density at radius 2 is 1.73 bits per heavy atom. The summed E-state index contributed by atoms with van der Waals surface area (Å²) >= 11 is 0. The number of aliphatic hydroxyl groups excluding tert-OH is 1. The molecular formula is C21H21NO4. The molecule has 3 rings (SSSR count). The van der Waals surface area contributed by atoms with Crippen LogP contribution in [0.1, 0.15) is 39.1 Å². The smallest absolute Gasteiger partial charge is 0.185 e. The molecule has 1 heterocycles. The summed E-state index contributed by atoms with van der Waals surface area (Å²) in [7, 11) is 0. The number of benzene rings is 2. The minimum Gasteiger partial charge on any atom is -0.456 e. The Kier molecular flexibility index (Phi) is 6.33. The Hall–Kier alpha value is -2.73. The van der Waals surface area contributed by atoms with Crippen molar-refractivity contribution in [3.63, 3.8) is 0 Å². The maximum atomic E-state index is 10.5. The van der Waals surface area contributed by atoms with Crippen LogP contribution >= 0.6 is 0 Å². The molecule has 0 radical (unpaired) electrons. The minimum atomic E-state index is -0.619. The molecule has 3 aromatic rings. The summed E-state index contributed by atoms with van der Waals surface area (Å²) in [5, 5.41) is 13.6. The molecule has 0 aliphatic rings. The quantitative estimate of drug-likeness (QED) is 0.351. The molecule has 2 N–H and O–H groups in total. The lowest BCUT2D eigenvalue weighted by Gasteiger charge is -2.12. The Bertz CT molecular complexity index is 812. The molecule has 0 fully saturated rings. The van der Waals surface area contributed by atoms with Crippen molar-refractivity contribution < 1.29 is 19.1 Å². The summed E-state index contributed by atoms with van der Waals surface area (Å²) in [5.74, 6) is 0.919. The molecule has 0 saturated heterocycles. The zero-order valence-corrected chi connectivity index (χ0v) is 14.3. The van der Waals surface area contributed by atoms with Gasteiger partial charge in [-0.3, -0.25) is 10.1 Å². The number of hydrogen-bond donors (Lipinski definition) is 2. The van der Waals surface area contributed by atoms with E-state index in [1.54, 1.807) is 12.1 Å². The molecule has 5 nitrogen and oxygen atoms in total. The van der Waals surface area contributed by atoms with E-state index < -0.39 is 6.10 Å². The van der Waals surface area contributed by atoms with Gasteiger partial charge < -0.3 is 14.3 Å². The molecular weight excluding hydrogens is 330 g/mol. The van der Waals surface area contributed by atoms with Gasteiger partial charge in [0.2, 0.25) is 0 Å². The van der Waals surface area contributed by atoms with Crippen LogP contribution in [0, 0.1) is 0 Å². The highest BCUT2D eigenvalue weighted by Gasteiger charge is 2.09. The topological polar surface area (TPSA) is 71.7 Å². The Morgan fingerprint density at radius 3 is 2.42 bits per heavy atom. The number of hydrogen-bond acceptors (Lipinski definition) is 5. The summed E-state index contributed by atoms with van der Waals surface area (Å²) in [6.07, 6.45) is 0.0475. The van der Waals surface area contributed by atoms with E-state index in [2.05, 4.69) is 5.32 Å². The van der Waals surface area contributed by atoms with E-state index in [0.717, 1.165) is 16.7 Å². The van der Waals surface area contributed by atoms with Crippen LogP contribution in [0.5, 0.6) is 0 Å². The average molecular weight is 351 g/mol. The first-order valence-electron chi connectivity index (χ1n) is 8.40. The fourth-order valence-electron chi connectivity index (χ4n) is 2.60. The van der Waals surface area contributed by atoms with E-state index in [-0.39, 0.29) is 0 Å². The molecule has 134 valence electrons. The Balaban J connectivity index is 1.42. The van der Waals surface area contributed by atoms with E-state index in [9.17, 15) is 9.90 Å². The average Bonchev–Trinajstić information content (AvgIpc) is 3.16. The fraction of sp³-hybridized carbons (Fsp3) is 0.190. The van der Waals surface area contributed by atoms with Gasteiger partial charge in [-0.1, -0.05) is 54.6 Å². The maximum absolute atomic E-state index is 10.5. The lowest BCUT2D eigenvalue weighted by molar-refractivity contribution is 0.0877. The predicted molar refractivity (Wildman–Crippen MR) is 97.5 cm³/mol. The molecule has 1 aromatic heterocycles. The highest BCUT2D eigenvalue weighted by Crippen LogP contribution is 2.21. The van der Waals surface area contributed by atoms with Crippen molar-refractivity contribution in [1.29, 1.82) is 0 Å². The predicted octanol–water partition coefficient (Wildman–Crippen LogP) is 3.44. The van der Waals surface area contributed by atoms with Crippen molar-refractivity contribution in [2.45, 2.75) is 19.3 Å². The second-order valence-corrected chi connectivity index (χ2v) is 5.90. The number of aliphatic hydroxyl groups is 1. The third kappa shape index (κ3) is 4.89. The van der Waals surface area contributed by atoms with Gasteiger partial charge in [0.1, 0.15) is 18.5 Å². The van der Waals surface area contributed by atoms with Crippen LogP contribution in [-0.2, 0) is 17.9 Å². The third-order valence-corrected chi connectivity index (χ3v) is 3.99. The first-order valence-corrected chi connectivity index (χ1v) is 8.40. The van der Waals surface area contributed by atoms with Gasteiger partial charge in [0, 0.05) is 6.54 Å². The molecule has 0 spiro atoms. The van der Waals surface area contributed by atoms with Gasteiger partial charge >= 0.3 is 0 Å². The lowest BCUT2D eigenvalue weighted by atomic mass is 10.0. The van der Waals surface area contributed by atoms with Crippen LogP contribution in [0.2, 0.25) is 0 Å². The highest BCUT2D eigenvalue weighted by atomic mass is 16.5. The number of furan rings is 1. The van der Waals surface area contributed by atoms with Crippen LogP contribution in [-0.4, -0.2) is 18.1 Å². The van der Waals surface area contributed by atoms with Gasteiger partial charge in [-0.05, 0) is 28.8 Å². The van der Waals surface area contributed by atoms with E-state index in [1.165, 1.54) is 0 Å². The molecule has 26 heavy (non-hydrogen) atoms. The number of ether oxygens (including phenoxy) is 1. The molecule has 0 amide bonds. The fourth-order valence-corrected chi connectivity index (χ4v) is 2.60.